The van der Waals surface area contributed by atoms with E-state index in [0.717, 1.165) is 5.56 Å². The van der Waals surface area contributed by atoms with Crippen molar-refractivity contribution in [1.29, 1.82) is 0 Å². The fraction of sp³-hybridized carbons (Fsp3) is 0.615. The zero-order valence-corrected chi connectivity index (χ0v) is 12.2. The van der Waals surface area contributed by atoms with Gasteiger partial charge in [-0.1, -0.05) is 0 Å². The molecule has 2 amide bonds. The van der Waals surface area contributed by atoms with Crippen molar-refractivity contribution in [3.63, 3.8) is 0 Å². The van der Waals surface area contributed by atoms with Gasteiger partial charge in [0.15, 0.2) is 0 Å². The number of hydrogen-bond donors (Lipinski definition) is 2. The molecule has 1 aromatic rings. The Bertz CT molecular complexity index is 431. The van der Waals surface area contributed by atoms with E-state index in [1.807, 2.05) is 13.8 Å². The van der Waals surface area contributed by atoms with Crippen LogP contribution >= 0.6 is 0 Å². The smallest absolute Gasteiger partial charge is 0.320 e. The highest BCUT2D eigenvalue weighted by atomic mass is 16.4. The first-order chi connectivity index (χ1) is 9.41. The van der Waals surface area contributed by atoms with Crippen molar-refractivity contribution >= 4 is 12.0 Å². The number of carboxylic acid groups (broad SMARTS) is 1. The lowest BCUT2D eigenvalue weighted by molar-refractivity contribution is -0.137. The first-order valence-corrected chi connectivity index (χ1v) is 6.63. The predicted molar refractivity (Wildman–Crippen MR) is 74.2 cm³/mol. The summed E-state index contributed by atoms with van der Waals surface area (Å²) in [5.74, 6) is -0.840. The fourth-order valence-electron chi connectivity index (χ4n) is 1.90. The van der Waals surface area contributed by atoms with Crippen molar-refractivity contribution in [3.8, 4) is 0 Å². The zero-order valence-electron chi connectivity index (χ0n) is 12.2. The maximum atomic E-state index is 12.4. The molecular formula is C13H22N4O3. The number of nitrogens with zero attached hydrogens (tertiary/aromatic N) is 3. The second-order valence-electron chi connectivity index (χ2n) is 5.03. The van der Waals surface area contributed by atoms with Crippen LogP contribution in [0.25, 0.3) is 0 Å². The summed E-state index contributed by atoms with van der Waals surface area (Å²) in [4.78, 5) is 26.2. The van der Waals surface area contributed by atoms with Gasteiger partial charge in [0, 0.05) is 37.8 Å². The Hall–Kier alpha value is -2.05. The molecule has 0 bridgehead atoms. The number of aromatic nitrogens is 2. The molecule has 0 saturated heterocycles. The summed E-state index contributed by atoms with van der Waals surface area (Å²) in [7, 11) is 1.72. The third-order valence-corrected chi connectivity index (χ3v) is 2.96. The summed E-state index contributed by atoms with van der Waals surface area (Å²) in [6.45, 7) is 4.75. The van der Waals surface area contributed by atoms with Crippen LogP contribution in [0, 0.1) is 0 Å². The van der Waals surface area contributed by atoms with Crippen LogP contribution in [0.1, 0.15) is 32.3 Å². The van der Waals surface area contributed by atoms with Gasteiger partial charge in [-0.3, -0.25) is 9.89 Å². The first-order valence-electron chi connectivity index (χ1n) is 6.63. The molecule has 0 spiro atoms. The number of hydrogen-bond acceptors (Lipinski definition) is 3. The van der Waals surface area contributed by atoms with Crippen LogP contribution in [0.4, 0.5) is 4.79 Å². The highest BCUT2D eigenvalue weighted by molar-refractivity contribution is 5.74. The molecule has 0 radical (unpaired) electrons. The summed E-state index contributed by atoms with van der Waals surface area (Å²) < 4.78 is 0. The molecule has 20 heavy (non-hydrogen) atoms. The lowest BCUT2D eigenvalue weighted by atomic mass is 10.2. The number of rotatable bonds is 7. The Labute approximate surface area is 118 Å². The second kappa shape index (κ2) is 7.52. The number of carbonyl (C=O) groups excluding carboxylic acids is 1. The Morgan fingerprint density at radius 2 is 2.15 bits per heavy atom. The SMILES string of the molecule is CC(C)N(CCCC(=O)O)C(=O)N(C)Cc1cn[nH]c1. The van der Waals surface area contributed by atoms with Gasteiger partial charge in [-0.15, -0.1) is 0 Å². The van der Waals surface area contributed by atoms with Crippen molar-refractivity contribution in [3.05, 3.63) is 18.0 Å². The minimum atomic E-state index is -0.840. The summed E-state index contributed by atoms with van der Waals surface area (Å²) in [6, 6.07) is -0.0744. The Morgan fingerprint density at radius 3 is 2.65 bits per heavy atom. The Balaban J connectivity index is 2.56. The number of aromatic amines is 1. The van der Waals surface area contributed by atoms with Gasteiger partial charge < -0.3 is 14.9 Å². The molecule has 1 heterocycles. The van der Waals surface area contributed by atoms with Gasteiger partial charge in [-0.25, -0.2) is 4.79 Å². The van der Waals surface area contributed by atoms with Gasteiger partial charge in [0.2, 0.25) is 0 Å². The molecule has 0 aliphatic heterocycles. The molecule has 2 N–H and O–H groups in total. The number of aliphatic carboxylic acids is 1. The van der Waals surface area contributed by atoms with Crippen LogP contribution in [-0.2, 0) is 11.3 Å². The van der Waals surface area contributed by atoms with E-state index in [0.29, 0.717) is 19.5 Å². The number of H-pyrrole nitrogens is 1. The molecule has 7 heteroatoms. The standard InChI is InChI=1S/C13H22N4O3/c1-10(2)17(6-4-5-12(18)19)13(20)16(3)9-11-7-14-15-8-11/h7-8,10H,4-6,9H2,1-3H3,(H,14,15)(H,18,19). The molecule has 0 fully saturated rings. The van der Waals surface area contributed by atoms with Crippen LogP contribution < -0.4 is 0 Å². The van der Waals surface area contributed by atoms with Crippen LogP contribution in [0.15, 0.2) is 12.4 Å². The molecule has 0 aliphatic rings. The van der Waals surface area contributed by atoms with Crippen LogP contribution in [-0.4, -0.2) is 56.7 Å². The molecule has 112 valence electrons. The Morgan fingerprint density at radius 1 is 1.45 bits per heavy atom. The quantitative estimate of drug-likeness (QED) is 0.793. The molecule has 0 atom stereocenters. The van der Waals surface area contributed by atoms with Crippen LogP contribution in [0.5, 0.6) is 0 Å². The Kier molecular flexibility index (Phi) is 6.02. The van der Waals surface area contributed by atoms with Gasteiger partial charge >= 0.3 is 12.0 Å². The molecule has 1 rings (SSSR count). The molecular weight excluding hydrogens is 260 g/mol. The van der Waals surface area contributed by atoms with Crippen molar-refractivity contribution < 1.29 is 14.7 Å². The fourth-order valence-corrected chi connectivity index (χ4v) is 1.90. The highest BCUT2D eigenvalue weighted by Gasteiger charge is 2.20. The van der Waals surface area contributed by atoms with Crippen molar-refractivity contribution in [2.45, 2.75) is 39.3 Å². The lowest BCUT2D eigenvalue weighted by Gasteiger charge is -2.31. The number of amides is 2. The van der Waals surface area contributed by atoms with Gasteiger partial charge in [-0.2, -0.15) is 5.10 Å². The van der Waals surface area contributed by atoms with Gasteiger partial charge in [0.05, 0.1) is 12.7 Å². The van der Waals surface area contributed by atoms with E-state index in [1.165, 1.54) is 0 Å². The molecule has 0 aromatic carbocycles. The first kappa shape index (κ1) is 16.0. The van der Waals surface area contributed by atoms with Gasteiger partial charge in [-0.05, 0) is 20.3 Å². The predicted octanol–water partition coefficient (Wildman–Crippen LogP) is 1.54. The van der Waals surface area contributed by atoms with Gasteiger partial charge in [0.25, 0.3) is 0 Å². The average molecular weight is 282 g/mol. The molecule has 0 unspecified atom stereocenters. The summed E-state index contributed by atoms with van der Waals surface area (Å²) in [6.07, 6.45) is 3.95. The van der Waals surface area contributed by atoms with Crippen molar-refractivity contribution in [2.24, 2.45) is 0 Å². The minimum absolute atomic E-state index is 0.0306. The maximum Gasteiger partial charge on any atom is 0.320 e. The number of carboxylic acids is 1. The summed E-state index contributed by atoms with van der Waals surface area (Å²) in [5.41, 5.74) is 0.926. The largest absolute Gasteiger partial charge is 0.481 e. The van der Waals surface area contributed by atoms with E-state index in [-0.39, 0.29) is 18.5 Å². The molecule has 1 aromatic heterocycles. The maximum absolute atomic E-state index is 12.4. The van der Waals surface area contributed by atoms with Crippen molar-refractivity contribution in [1.82, 2.24) is 20.0 Å². The molecule has 0 aliphatic carbocycles. The third kappa shape index (κ3) is 4.91. The van der Waals surface area contributed by atoms with E-state index >= 15 is 0 Å². The van der Waals surface area contributed by atoms with E-state index in [2.05, 4.69) is 10.2 Å². The number of urea groups is 1. The zero-order chi connectivity index (χ0) is 15.1. The topological polar surface area (TPSA) is 89.5 Å². The minimum Gasteiger partial charge on any atom is -0.481 e. The van der Waals surface area contributed by atoms with E-state index in [9.17, 15) is 9.59 Å². The van der Waals surface area contributed by atoms with Gasteiger partial charge in [0.1, 0.15) is 0 Å². The van der Waals surface area contributed by atoms with E-state index in [4.69, 9.17) is 5.11 Å². The monoisotopic (exact) mass is 282 g/mol. The van der Waals surface area contributed by atoms with Crippen molar-refractivity contribution in [2.75, 3.05) is 13.6 Å². The summed E-state index contributed by atoms with van der Waals surface area (Å²) >= 11 is 0. The average Bonchev–Trinajstić information content (AvgIpc) is 2.85. The normalized spacial score (nSPS) is 10.6. The molecule has 0 saturated carbocycles. The highest BCUT2D eigenvalue weighted by Crippen LogP contribution is 2.09. The van der Waals surface area contributed by atoms with E-state index in [1.54, 1.807) is 29.2 Å². The summed E-state index contributed by atoms with van der Waals surface area (Å²) in [5, 5.41) is 15.2. The number of nitrogens with one attached hydrogen (secondary N) is 1. The lowest BCUT2D eigenvalue weighted by Crippen LogP contribution is -2.45. The molecule has 7 nitrogen and oxygen atoms in total. The second-order valence-corrected chi connectivity index (χ2v) is 5.03. The van der Waals surface area contributed by atoms with E-state index < -0.39 is 5.97 Å². The van der Waals surface area contributed by atoms with Crippen LogP contribution in [0.3, 0.4) is 0 Å². The van der Waals surface area contributed by atoms with Crippen LogP contribution in [0.2, 0.25) is 0 Å². The third-order valence-electron chi connectivity index (χ3n) is 2.96. The number of carbonyl (C=O) groups is 2.